The van der Waals surface area contributed by atoms with E-state index in [9.17, 15) is 14.7 Å². The number of aryl methyl sites for hydroxylation is 1. The van der Waals surface area contributed by atoms with Crippen molar-refractivity contribution in [3.05, 3.63) is 58.4 Å². The molecule has 0 saturated heterocycles. The minimum Gasteiger partial charge on any atom is -0.506 e. The van der Waals surface area contributed by atoms with Gasteiger partial charge in [0.25, 0.3) is 11.5 Å². The number of amides is 1. The molecule has 0 fully saturated rings. The summed E-state index contributed by atoms with van der Waals surface area (Å²) in [6, 6.07) is 11.7. The van der Waals surface area contributed by atoms with Crippen LogP contribution in [0.1, 0.15) is 10.4 Å². The summed E-state index contributed by atoms with van der Waals surface area (Å²) in [5.74, 6) is 0.0653. The average molecular weight is 338 g/mol. The summed E-state index contributed by atoms with van der Waals surface area (Å²) in [4.78, 5) is 25.1. The maximum atomic E-state index is 12.6. The fourth-order valence-electron chi connectivity index (χ4n) is 2.85. The van der Waals surface area contributed by atoms with Gasteiger partial charge in [-0.15, -0.1) is 0 Å². The van der Waals surface area contributed by atoms with Crippen LogP contribution in [-0.2, 0) is 7.05 Å². The lowest BCUT2D eigenvalue weighted by atomic mass is 10.1. The minimum absolute atomic E-state index is 0.124. The highest BCUT2D eigenvalue weighted by molar-refractivity contribution is 6.09. The Bertz CT molecular complexity index is 1070. The molecule has 4 rings (SSSR count). The van der Waals surface area contributed by atoms with E-state index >= 15 is 0 Å². The Morgan fingerprint density at radius 2 is 1.92 bits per heavy atom. The Hall–Kier alpha value is -3.48. The van der Waals surface area contributed by atoms with E-state index in [0.29, 0.717) is 28.1 Å². The number of hydrogen-bond acceptors (Lipinski definition) is 5. The van der Waals surface area contributed by atoms with Crippen LogP contribution in [0.25, 0.3) is 10.9 Å². The Kier molecular flexibility index (Phi) is 3.35. The van der Waals surface area contributed by atoms with Gasteiger partial charge in [0.15, 0.2) is 11.5 Å². The van der Waals surface area contributed by atoms with Crippen LogP contribution in [0.5, 0.6) is 17.2 Å². The molecule has 2 N–H and O–H groups in total. The summed E-state index contributed by atoms with van der Waals surface area (Å²) in [6.45, 7) is 0.124. The SMILES string of the molecule is Cn1c(=O)c(C(=O)Nc2ccc3c(c2)OCO3)c(O)c2ccccc21. The van der Waals surface area contributed by atoms with Gasteiger partial charge < -0.3 is 24.5 Å². The van der Waals surface area contributed by atoms with Gasteiger partial charge in [0.05, 0.1) is 5.52 Å². The third kappa shape index (κ3) is 2.37. The normalized spacial score (nSPS) is 12.4. The number of pyridine rings is 1. The number of nitrogens with zero attached hydrogens (tertiary/aromatic N) is 1. The lowest BCUT2D eigenvalue weighted by Gasteiger charge is -2.12. The number of fused-ring (bicyclic) bond motifs is 2. The lowest BCUT2D eigenvalue weighted by Crippen LogP contribution is -2.28. The Morgan fingerprint density at radius 1 is 1.16 bits per heavy atom. The van der Waals surface area contributed by atoms with Crippen LogP contribution in [0.3, 0.4) is 0 Å². The topological polar surface area (TPSA) is 89.8 Å². The molecule has 2 heterocycles. The summed E-state index contributed by atoms with van der Waals surface area (Å²) < 4.78 is 11.8. The lowest BCUT2D eigenvalue weighted by molar-refractivity contribution is 0.102. The van der Waals surface area contributed by atoms with Crippen LogP contribution in [0.4, 0.5) is 5.69 Å². The van der Waals surface area contributed by atoms with E-state index in [1.165, 1.54) is 4.57 Å². The second-order valence-corrected chi connectivity index (χ2v) is 5.63. The molecule has 0 spiro atoms. The van der Waals surface area contributed by atoms with E-state index in [2.05, 4.69) is 5.32 Å². The molecule has 0 bridgehead atoms. The molecule has 1 amide bonds. The first kappa shape index (κ1) is 15.1. The molecule has 7 nitrogen and oxygen atoms in total. The molecule has 0 saturated carbocycles. The first-order valence-corrected chi connectivity index (χ1v) is 7.58. The van der Waals surface area contributed by atoms with Gasteiger partial charge in [0, 0.05) is 24.2 Å². The smallest absolute Gasteiger partial charge is 0.267 e. The van der Waals surface area contributed by atoms with Gasteiger partial charge >= 0.3 is 0 Å². The highest BCUT2D eigenvalue weighted by atomic mass is 16.7. The number of para-hydroxylation sites is 1. The van der Waals surface area contributed by atoms with Gasteiger partial charge in [-0.25, -0.2) is 0 Å². The van der Waals surface area contributed by atoms with Crippen molar-refractivity contribution in [2.45, 2.75) is 0 Å². The Morgan fingerprint density at radius 3 is 2.76 bits per heavy atom. The second kappa shape index (κ2) is 5.55. The quantitative estimate of drug-likeness (QED) is 0.748. The van der Waals surface area contributed by atoms with Gasteiger partial charge in [-0.1, -0.05) is 12.1 Å². The monoisotopic (exact) mass is 338 g/mol. The number of aromatic nitrogens is 1. The maximum Gasteiger partial charge on any atom is 0.267 e. The zero-order chi connectivity index (χ0) is 17.6. The number of aromatic hydroxyl groups is 1. The maximum absolute atomic E-state index is 12.6. The van der Waals surface area contributed by atoms with Crippen LogP contribution in [0.2, 0.25) is 0 Å². The minimum atomic E-state index is -0.692. The highest BCUT2D eigenvalue weighted by Gasteiger charge is 2.22. The van der Waals surface area contributed by atoms with Crippen molar-refractivity contribution in [1.82, 2.24) is 4.57 Å². The van der Waals surface area contributed by atoms with Crippen molar-refractivity contribution in [2.75, 3.05) is 12.1 Å². The van der Waals surface area contributed by atoms with Crippen molar-refractivity contribution >= 4 is 22.5 Å². The molecular formula is C18H14N2O5. The second-order valence-electron chi connectivity index (χ2n) is 5.63. The Labute approximate surface area is 142 Å². The molecular weight excluding hydrogens is 324 g/mol. The molecule has 1 aromatic heterocycles. The number of rotatable bonds is 2. The van der Waals surface area contributed by atoms with Gasteiger partial charge in [-0.05, 0) is 24.3 Å². The van der Waals surface area contributed by atoms with Crippen LogP contribution >= 0.6 is 0 Å². The Balaban J connectivity index is 1.77. The van der Waals surface area contributed by atoms with Crippen molar-refractivity contribution in [3.63, 3.8) is 0 Å². The standard InChI is InChI=1S/C18H14N2O5/c1-20-12-5-3-2-4-11(12)16(21)15(18(20)23)17(22)19-10-6-7-13-14(8-10)25-9-24-13/h2-8,21H,9H2,1H3,(H,19,22). The number of anilines is 1. The molecule has 3 aromatic rings. The number of benzene rings is 2. The highest BCUT2D eigenvalue weighted by Crippen LogP contribution is 2.34. The van der Waals surface area contributed by atoms with E-state index in [1.54, 1.807) is 49.5 Å². The number of carbonyl (C=O) groups is 1. The molecule has 0 aliphatic carbocycles. The predicted molar refractivity (Wildman–Crippen MR) is 91.4 cm³/mol. The molecule has 126 valence electrons. The number of hydrogen-bond donors (Lipinski definition) is 2. The molecule has 0 radical (unpaired) electrons. The fourth-order valence-corrected chi connectivity index (χ4v) is 2.85. The predicted octanol–water partition coefficient (Wildman–Crippen LogP) is 2.23. The van der Waals surface area contributed by atoms with Gasteiger partial charge in [-0.3, -0.25) is 9.59 Å². The van der Waals surface area contributed by atoms with E-state index in [-0.39, 0.29) is 18.1 Å². The van der Waals surface area contributed by atoms with Crippen LogP contribution in [0, 0.1) is 0 Å². The summed E-state index contributed by atoms with van der Waals surface area (Å²) in [6.07, 6.45) is 0. The van der Waals surface area contributed by atoms with Crippen LogP contribution in [0.15, 0.2) is 47.3 Å². The number of nitrogens with one attached hydrogen (secondary N) is 1. The summed E-state index contributed by atoms with van der Waals surface area (Å²) in [5, 5.41) is 13.5. The zero-order valence-electron chi connectivity index (χ0n) is 13.3. The first-order chi connectivity index (χ1) is 12.1. The molecule has 25 heavy (non-hydrogen) atoms. The van der Waals surface area contributed by atoms with E-state index in [0.717, 1.165) is 0 Å². The molecule has 2 aromatic carbocycles. The van der Waals surface area contributed by atoms with E-state index in [1.807, 2.05) is 0 Å². The van der Waals surface area contributed by atoms with Gasteiger partial charge in [0.1, 0.15) is 11.3 Å². The zero-order valence-corrected chi connectivity index (χ0v) is 13.3. The molecule has 0 unspecified atom stereocenters. The van der Waals surface area contributed by atoms with Crippen molar-refractivity contribution in [2.24, 2.45) is 7.05 Å². The summed E-state index contributed by atoms with van der Waals surface area (Å²) in [7, 11) is 1.56. The molecule has 0 atom stereocenters. The average Bonchev–Trinajstić information content (AvgIpc) is 3.08. The van der Waals surface area contributed by atoms with Crippen molar-refractivity contribution < 1.29 is 19.4 Å². The summed E-state index contributed by atoms with van der Waals surface area (Å²) in [5.41, 5.74) is 0.0989. The van der Waals surface area contributed by atoms with Crippen molar-refractivity contribution in [1.29, 1.82) is 0 Å². The largest absolute Gasteiger partial charge is 0.506 e. The van der Waals surface area contributed by atoms with Crippen LogP contribution in [-0.4, -0.2) is 22.4 Å². The van der Waals surface area contributed by atoms with Crippen molar-refractivity contribution in [3.8, 4) is 17.2 Å². The molecule has 1 aliphatic rings. The third-order valence-corrected chi connectivity index (χ3v) is 4.13. The molecule has 7 heteroatoms. The third-order valence-electron chi connectivity index (χ3n) is 4.13. The van der Waals surface area contributed by atoms with Gasteiger partial charge in [-0.2, -0.15) is 0 Å². The number of carbonyl (C=O) groups excluding carboxylic acids is 1. The number of ether oxygens (including phenoxy) is 2. The van der Waals surface area contributed by atoms with E-state index in [4.69, 9.17) is 9.47 Å². The van der Waals surface area contributed by atoms with Gasteiger partial charge in [0.2, 0.25) is 6.79 Å². The summed E-state index contributed by atoms with van der Waals surface area (Å²) >= 11 is 0. The fraction of sp³-hybridized carbons (Fsp3) is 0.111. The first-order valence-electron chi connectivity index (χ1n) is 7.58. The van der Waals surface area contributed by atoms with Crippen LogP contribution < -0.4 is 20.3 Å². The van der Waals surface area contributed by atoms with E-state index < -0.39 is 11.5 Å². The molecule has 1 aliphatic heterocycles.